The lowest BCUT2D eigenvalue weighted by atomic mass is 10.3. The van der Waals surface area contributed by atoms with E-state index in [1.807, 2.05) is 13.0 Å². The van der Waals surface area contributed by atoms with Crippen LogP contribution in [0.25, 0.3) is 0 Å². The molecule has 0 saturated carbocycles. The molecule has 0 bridgehead atoms. The molecule has 0 radical (unpaired) electrons. The summed E-state index contributed by atoms with van der Waals surface area (Å²) in [5, 5.41) is 3.10. The minimum absolute atomic E-state index is 0.125. The molecule has 1 aromatic carbocycles. The molecule has 5 nitrogen and oxygen atoms in total. The van der Waals surface area contributed by atoms with Crippen LogP contribution >= 0.6 is 15.9 Å². The number of hydrogen-bond acceptors (Lipinski definition) is 4. The Labute approximate surface area is 133 Å². The predicted molar refractivity (Wildman–Crippen MR) is 88.0 cm³/mol. The van der Waals surface area contributed by atoms with Gasteiger partial charge >= 0.3 is 0 Å². The Morgan fingerprint density at radius 2 is 1.95 bits per heavy atom. The van der Waals surface area contributed by atoms with Gasteiger partial charge in [-0.3, -0.25) is 4.72 Å². The summed E-state index contributed by atoms with van der Waals surface area (Å²) in [6.07, 6.45) is 2.32. The topological polar surface area (TPSA) is 71.1 Å². The lowest BCUT2D eigenvalue weighted by molar-refractivity contribution is 0.601. The first-order chi connectivity index (χ1) is 10.0. The first-order valence-electron chi connectivity index (χ1n) is 6.50. The van der Waals surface area contributed by atoms with Crippen LogP contribution in [-0.2, 0) is 10.0 Å². The summed E-state index contributed by atoms with van der Waals surface area (Å²) in [4.78, 5) is 4.23. The van der Waals surface area contributed by atoms with Crippen LogP contribution in [0.15, 0.2) is 52.0 Å². The first kappa shape index (κ1) is 15.8. The lowest BCUT2D eigenvalue weighted by Gasteiger charge is -2.10. The number of rotatable bonds is 6. The number of aromatic nitrogens is 1. The van der Waals surface area contributed by atoms with Crippen LogP contribution in [-0.4, -0.2) is 19.9 Å². The Kier molecular flexibility index (Phi) is 5.19. The number of benzene rings is 1. The molecular formula is C14H16BrN3O2S. The third-order valence-electron chi connectivity index (χ3n) is 2.72. The Balaban J connectivity index is 2.18. The second-order valence-electron chi connectivity index (χ2n) is 4.39. The zero-order chi connectivity index (χ0) is 15.3. The van der Waals surface area contributed by atoms with Crippen LogP contribution in [0.2, 0.25) is 0 Å². The average Bonchev–Trinajstić information content (AvgIpc) is 2.48. The molecule has 0 fully saturated rings. The van der Waals surface area contributed by atoms with Crippen molar-refractivity contribution in [1.29, 1.82) is 0 Å². The summed E-state index contributed by atoms with van der Waals surface area (Å²) >= 11 is 3.31. The van der Waals surface area contributed by atoms with Crippen LogP contribution in [0.1, 0.15) is 13.3 Å². The normalized spacial score (nSPS) is 11.1. The van der Waals surface area contributed by atoms with Gasteiger partial charge in [0.2, 0.25) is 0 Å². The van der Waals surface area contributed by atoms with Crippen molar-refractivity contribution in [3.05, 3.63) is 47.1 Å². The maximum Gasteiger partial charge on any atom is 0.263 e. The minimum Gasteiger partial charge on any atom is -0.370 e. The quantitative estimate of drug-likeness (QED) is 0.817. The highest BCUT2D eigenvalue weighted by Crippen LogP contribution is 2.24. The van der Waals surface area contributed by atoms with Crippen molar-refractivity contribution in [2.24, 2.45) is 0 Å². The Morgan fingerprint density at radius 3 is 2.57 bits per heavy atom. The third-order valence-corrected chi connectivity index (χ3v) is 4.76. The zero-order valence-corrected chi connectivity index (χ0v) is 13.9. The van der Waals surface area contributed by atoms with E-state index in [9.17, 15) is 8.42 Å². The average molecular weight is 370 g/mol. The molecule has 0 aliphatic rings. The van der Waals surface area contributed by atoms with E-state index in [2.05, 4.69) is 31.0 Å². The van der Waals surface area contributed by atoms with Crippen LogP contribution in [0, 0.1) is 0 Å². The highest BCUT2D eigenvalue weighted by atomic mass is 79.9. The van der Waals surface area contributed by atoms with Gasteiger partial charge in [0.1, 0.15) is 10.7 Å². The largest absolute Gasteiger partial charge is 0.370 e. The molecular weight excluding hydrogens is 354 g/mol. The van der Waals surface area contributed by atoms with Gasteiger partial charge in [0.15, 0.2) is 0 Å². The Bertz CT molecular complexity index is 702. The van der Waals surface area contributed by atoms with Crippen LogP contribution in [0.3, 0.4) is 0 Å². The molecule has 0 saturated heterocycles. The van der Waals surface area contributed by atoms with Crippen molar-refractivity contribution in [2.45, 2.75) is 18.2 Å². The summed E-state index contributed by atoms with van der Waals surface area (Å²) in [5.41, 5.74) is 0.491. The minimum atomic E-state index is -3.64. The molecule has 2 rings (SSSR count). The summed E-state index contributed by atoms with van der Waals surface area (Å²) < 4.78 is 27.8. The fraction of sp³-hybridized carbons (Fsp3) is 0.214. The molecule has 2 N–H and O–H groups in total. The van der Waals surface area contributed by atoms with Crippen molar-refractivity contribution in [2.75, 3.05) is 16.6 Å². The van der Waals surface area contributed by atoms with Gasteiger partial charge < -0.3 is 5.32 Å². The number of para-hydroxylation sites is 1. The molecule has 2 aromatic rings. The van der Waals surface area contributed by atoms with Crippen molar-refractivity contribution in [3.8, 4) is 0 Å². The van der Waals surface area contributed by atoms with Crippen molar-refractivity contribution in [1.82, 2.24) is 4.98 Å². The molecule has 21 heavy (non-hydrogen) atoms. The molecule has 0 amide bonds. The van der Waals surface area contributed by atoms with Gasteiger partial charge in [-0.05, 0) is 46.6 Å². The monoisotopic (exact) mass is 369 g/mol. The van der Waals surface area contributed by atoms with Crippen LogP contribution in [0.4, 0.5) is 11.5 Å². The van der Waals surface area contributed by atoms with Gasteiger partial charge in [-0.15, -0.1) is 0 Å². The fourth-order valence-electron chi connectivity index (χ4n) is 1.64. The van der Waals surface area contributed by atoms with Crippen LogP contribution < -0.4 is 10.0 Å². The molecule has 1 heterocycles. The first-order valence-corrected chi connectivity index (χ1v) is 8.78. The smallest absolute Gasteiger partial charge is 0.263 e. The maximum absolute atomic E-state index is 12.3. The number of nitrogens with one attached hydrogen (secondary N) is 2. The molecule has 1 aromatic heterocycles. The van der Waals surface area contributed by atoms with Gasteiger partial charge in [0.25, 0.3) is 10.0 Å². The van der Waals surface area contributed by atoms with Crippen molar-refractivity contribution < 1.29 is 8.42 Å². The van der Waals surface area contributed by atoms with Gasteiger partial charge in [-0.1, -0.05) is 19.1 Å². The molecule has 0 aliphatic carbocycles. The fourth-order valence-corrected chi connectivity index (χ4v) is 3.18. The van der Waals surface area contributed by atoms with Crippen molar-refractivity contribution >= 4 is 37.5 Å². The molecule has 0 atom stereocenters. The molecule has 112 valence electrons. The molecule has 0 aliphatic heterocycles. The number of sulfonamides is 1. The van der Waals surface area contributed by atoms with E-state index in [-0.39, 0.29) is 4.90 Å². The standard InChI is InChI=1S/C14H16BrN3O2S/c1-2-9-16-14-8-7-11(10-17-14)21(19,20)18-13-6-4-3-5-12(13)15/h3-8,10,18H,2,9H2,1H3,(H,16,17). The van der Waals surface area contributed by atoms with E-state index in [1.54, 1.807) is 24.3 Å². The van der Waals surface area contributed by atoms with E-state index in [4.69, 9.17) is 0 Å². The summed E-state index contributed by atoms with van der Waals surface area (Å²) in [5.74, 6) is 0.664. The molecule has 7 heteroatoms. The zero-order valence-electron chi connectivity index (χ0n) is 11.5. The number of hydrogen-bond donors (Lipinski definition) is 2. The van der Waals surface area contributed by atoms with E-state index in [1.165, 1.54) is 12.3 Å². The highest BCUT2D eigenvalue weighted by molar-refractivity contribution is 9.10. The SMILES string of the molecule is CCCNc1ccc(S(=O)(=O)Nc2ccccc2Br)cn1. The second kappa shape index (κ2) is 6.91. The summed E-state index contributed by atoms with van der Waals surface area (Å²) in [6.45, 7) is 2.85. The lowest BCUT2D eigenvalue weighted by Crippen LogP contribution is -2.14. The molecule has 0 spiro atoms. The predicted octanol–water partition coefficient (Wildman–Crippen LogP) is 3.47. The number of pyridine rings is 1. The van der Waals surface area contributed by atoms with Crippen molar-refractivity contribution in [3.63, 3.8) is 0 Å². The number of nitrogens with zero attached hydrogens (tertiary/aromatic N) is 1. The van der Waals surface area contributed by atoms with E-state index < -0.39 is 10.0 Å². The Hall–Kier alpha value is -1.60. The maximum atomic E-state index is 12.3. The van der Waals surface area contributed by atoms with Gasteiger partial charge in [-0.25, -0.2) is 13.4 Å². The number of halogens is 1. The van der Waals surface area contributed by atoms with Gasteiger partial charge in [0, 0.05) is 17.2 Å². The van der Waals surface area contributed by atoms with Gasteiger partial charge in [0.05, 0.1) is 5.69 Å². The highest BCUT2D eigenvalue weighted by Gasteiger charge is 2.15. The van der Waals surface area contributed by atoms with Gasteiger partial charge in [-0.2, -0.15) is 0 Å². The summed E-state index contributed by atoms with van der Waals surface area (Å²) in [7, 11) is -3.64. The number of anilines is 2. The Morgan fingerprint density at radius 1 is 1.19 bits per heavy atom. The third kappa shape index (κ3) is 4.18. The molecule has 0 unspecified atom stereocenters. The van der Waals surface area contributed by atoms with Crippen LogP contribution in [0.5, 0.6) is 0 Å². The summed E-state index contributed by atoms with van der Waals surface area (Å²) in [6, 6.07) is 10.2. The van der Waals surface area contributed by atoms with E-state index in [0.29, 0.717) is 16.0 Å². The second-order valence-corrected chi connectivity index (χ2v) is 6.93. The van der Waals surface area contributed by atoms with E-state index >= 15 is 0 Å². The van der Waals surface area contributed by atoms with E-state index in [0.717, 1.165) is 13.0 Å².